The Balaban J connectivity index is 1.99. The zero-order valence-electron chi connectivity index (χ0n) is 16.6. The van der Waals surface area contributed by atoms with E-state index in [1.54, 1.807) is 33.3 Å². The molecule has 4 aromatic rings. The third-order valence-corrected chi connectivity index (χ3v) is 7.03. The number of aryl methyl sites for hydroxylation is 1. The molecule has 0 amide bonds. The smallest absolute Gasteiger partial charge is 0.263 e. The fraction of sp³-hybridized carbons (Fsp3) is 0.261. The summed E-state index contributed by atoms with van der Waals surface area (Å²) in [7, 11) is 0. The maximum Gasteiger partial charge on any atom is 0.263 e. The molecule has 0 bridgehead atoms. The Hall–Kier alpha value is -2.75. The first-order chi connectivity index (χ1) is 14.0. The standard InChI is InChI=1S/C23H21N3OS2/c1-4-17-19(18-9-6-10-28-18)20-22(29-17)25-21(14(2)3)26(23(20)27)13-16-8-5-7-15(11-16)12-24/h5-11,14H,4,13H2,1-3H3. The van der Waals surface area contributed by atoms with Gasteiger partial charge in [-0.25, -0.2) is 4.98 Å². The molecule has 0 radical (unpaired) electrons. The number of hydrogen-bond acceptors (Lipinski definition) is 5. The van der Waals surface area contributed by atoms with Gasteiger partial charge in [-0.2, -0.15) is 5.26 Å². The van der Waals surface area contributed by atoms with Gasteiger partial charge in [-0.15, -0.1) is 22.7 Å². The second-order valence-electron chi connectivity index (χ2n) is 7.24. The van der Waals surface area contributed by atoms with E-state index in [2.05, 4.69) is 32.9 Å². The Morgan fingerprint density at radius 2 is 2.07 bits per heavy atom. The van der Waals surface area contributed by atoms with Crippen molar-refractivity contribution < 1.29 is 0 Å². The molecule has 0 aliphatic rings. The van der Waals surface area contributed by atoms with Crippen LogP contribution < -0.4 is 5.56 Å². The van der Waals surface area contributed by atoms with Crippen molar-refractivity contribution in [2.75, 3.05) is 0 Å². The number of rotatable bonds is 5. The lowest BCUT2D eigenvalue weighted by Crippen LogP contribution is -2.26. The van der Waals surface area contributed by atoms with Gasteiger partial charge in [0.1, 0.15) is 10.7 Å². The van der Waals surface area contributed by atoms with Crippen molar-refractivity contribution in [3.8, 4) is 16.5 Å². The van der Waals surface area contributed by atoms with Gasteiger partial charge in [-0.05, 0) is 35.6 Å². The SMILES string of the molecule is CCc1sc2nc(C(C)C)n(Cc3cccc(C#N)c3)c(=O)c2c1-c1cccs1. The molecule has 4 rings (SSSR count). The van der Waals surface area contributed by atoms with Crippen LogP contribution >= 0.6 is 22.7 Å². The van der Waals surface area contributed by atoms with E-state index in [9.17, 15) is 10.1 Å². The lowest BCUT2D eigenvalue weighted by atomic mass is 10.1. The third-order valence-electron chi connectivity index (χ3n) is 4.92. The lowest BCUT2D eigenvalue weighted by molar-refractivity contribution is 0.635. The van der Waals surface area contributed by atoms with Crippen molar-refractivity contribution in [3.63, 3.8) is 0 Å². The molecule has 0 atom stereocenters. The maximum atomic E-state index is 13.7. The summed E-state index contributed by atoms with van der Waals surface area (Å²) in [6.07, 6.45) is 0.870. The van der Waals surface area contributed by atoms with Crippen LogP contribution in [0.4, 0.5) is 0 Å². The van der Waals surface area contributed by atoms with Gasteiger partial charge in [-0.3, -0.25) is 9.36 Å². The molecule has 29 heavy (non-hydrogen) atoms. The molecule has 146 valence electrons. The van der Waals surface area contributed by atoms with Crippen molar-refractivity contribution in [2.24, 2.45) is 0 Å². The van der Waals surface area contributed by atoms with Crippen LogP contribution in [0.1, 0.15) is 48.5 Å². The summed E-state index contributed by atoms with van der Waals surface area (Å²) in [6.45, 7) is 6.65. The Morgan fingerprint density at radius 1 is 1.24 bits per heavy atom. The topological polar surface area (TPSA) is 58.7 Å². The van der Waals surface area contributed by atoms with Crippen molar-refractivity contribution in [3.05, 3.63) is 74.0 Å². The molecule has 0 spiro atoms. The highest BCUT2D eigenvalue weighted by Gasteiger charge is 2.22. The average molecular weight is 420 g/mol. The van der Waals surface area contributed by atoms with Crippen molar-refractivity contribution in [1.82, 2.24) is 9.55 Å². The zero-order valence-corrected chi connectivity index (χ0v) is 18.2. The first-order valence-corrected chi connectivity index (χ1v) is 11.3. The fourth-order valence-electron chi connectivity index (χ4n) is 3.59. The number of benzene rings is 1. The van der Waals surface area contributed by atoms with Gasteiger partial charge in [0.2, 0.25) is 0 Å². The molecule has 0 saturated carbocycles. The number of thiophene rings is 2. The molecule has 6 heteroatoms. The number of nitrogens with zero attached hydrogens (tertiary/aromatic N) is 3. The van der Waals surface area contributed by atoms with E-state index >= 15 is 0 Å². The van der Waals surface area contributed by atoms with E-state index in [-0.39, 0.29) is 11.5 Å². The second-order valence-corrected chi connectivity index (χ2v) is 9.27. The molecule has 0 saturated heterocycles. The maximum absolute atomic E-state index is 13.7. The first kappa shape index (κ1) is 19.6. The molecule has 4 nitrogen and oxygen atoms in total. The number of aromatic nitrogens is 2. The van der Waals surface area contributed by atoms with Crippen LogP contribution in [0.3, 0.4) is 0 Å². The van der Waals surface area contributed by atoms with Crippen LogP contribution in [0, 0.1) is 11.3 Å². The van der Waals surface area contributed by atoms with Crippen molar-refractivity contribution in [1.29, 1.82) is 5.26 Å². The van der Waals surface area contributed by atoms with Crippen LogP contribution in [-0.2, 0) is 13.0 Å². The van der Waals surface area contributed by atoms with E-state index in [0.29, 0.717) is 12.1 Å². The molecule has 0 N–H and O–H groups in total. The molecule has 0 aliphatic heterocycles. The van der Waals surface area contributed by atoms with Gasteiger partial charge in [-0.1, -0.05) is 39.0 Å². The fourth-order valence-corrected chi connectivity index (χ4v) is 5.58. The summed E-state index contributed by atoms with van der Waals surface area (Å²) in [5.74, 6) is 0.898. The van der Waals surface area contributed by atoms with Gasteiger partial charge < -0.3 is 0 Å². The van der Waals surface area contributed by atoms with Gasteiger partial charge in [0, 0.05) is 21.2 Å². The molecule has 3 heterocycles. The highest BCUT2D eigenvalue weighted by atomic mass is 32.1. The third kappa shape index (κ3) is 3.52. The van der Waals surface area contributed by atoms with Crippen LogP contribution in [0.25, 0.3) is 20.7 Å². The minimum absolute atomic E-state index is 0.000380. The lowest BCUT2D eigenvalue weighted by Gasteiger charge is -2.15. The van der Waals surface area contributed by atoms with Gasteiger partial charge in [0.15, 0.2) is 0 Å². The zero-order chi connectivity index (χ0) is 20.5. The minimum Gasteiger partial charge on any atom is -0.291 e. The molecular weight excluding hydrogens is 398 g/mol. The summed E-state index contributed by atoms with van der Waals surface area (Å²) in [5, 5.41) is 12.0. The van der Waals surface area contributed by atoms with Gasteiger partial charge in [0.25, 0.3) is 5.56 Å². The largest absolute Gasteiger partial charge is 0.291 e. The van der Waals surface area contributed by atoms with E-state index in [0.717, 1.165) is 38.5 Å². The van der Waals surface area contributed by atoms with Gasteiger partial charge >= 0.3 is 0 Å². The van der Waals surface area contributed by atoms with Crippen LogP contribution in [0.2, 0.25) is 0 Å². The summed E-state index contributed by atoms with van der Waals surface area (Å²) in [5.41, 5.74) is 2.56. The summed E-state index contributed by atoms with van der Waals surface area (Å²) < 4.78 is 1.78. The normalized spacial score (nSPS) is 11.3. The number of fused-ring (bicyclic) bond motifs is 1. The summed E-state index contributed by atoms with van der Waals surface area (Å²) >= 11 is 3.28. The first-order valence-electron chi connectivity index (χ1n) is 9.62. The van der Waals surface area contributed by atoms with Gasteiger partial charge in [0.05, 0.1) is 23.6 Å². The molecular formula is C23H21N3OS2. The van der Waals surface area contributed by atoms with Crippen LogP contribution in [-0.4, -0.2) is 9.55 Å². The van der Waals surface area contributed by atoms with Crippen molar-refractivity contribution >= 4 is 32.9 Å². The number of nitriles is 1. The molecule has 3 aromatic heterocycles. The molecule has 1 aromatic carbocycles. The van der Waals surface area contributed by atoms with E-state index in [4.69, 9.17) is 4.98 Å². The molecule has 0 unspecified atom stereocenters. The highest BCUT2D eigenvalue weighted by molar-refractivity contribution is 7.20. The molecule has 0 aliphatic carbocycles. The Bertz CT molecular complexity index is 1270. The van der Waals surface area contributed by atoms with Crippen LogP contribution in [0.15, 0.2) is 46.6 Å². The monoisotopic (exact) mass is 419 g/mol. The van der Waals surface area contributed by atoms with Crippen molar-refractivity contribution in [2.45, 2.75) is 39.7 Å². The Labute approximate surface area is 177 Å². The highest BCUT2D eigenvalue weighted by Crippen LogP contribution is 2.39. The van der Waals surface area contributed by atoms with E-state index in [1.807, 2.05) is 29.6 Å². The number of hydrogen-bond donors (Lipinski definition) is 0. The minimum atomic E-state index is 0.000380. The predicted molar refractivity (Wildman–Crippen MR) is 121 cm³/mol. The average Bonchev–Trinajstić information content (AvgIpc) is 3.37. The Morgan fingerprint density at radius 3 is 2.72 bits per heavy atom. The molecule has 0 fully saturated rings. The summed E-state index contributed by atoms with van der Waals surface area (Å²) in [4.78, 5) is 21.8. The Kier molecular flexibility index (Phi) is 5.35. The van der Waals surface area contributed by atoms with E-state index in [1.165, 1.54) is 4.88 Å². The van der Waals surface area contributed by atoms with Crippen LogP contribution in [0.5, 0.6) is 0 Å². The quantitative estimate of drug-likeness (QED) is 0.411. The predicted octanol–water partition coefficient (Wildman–Crippen LogP) is 5.79. The summed E-state index contributed by atoms with van der Waals surface area (Å²) in [6, 6.07) is 13.7. The van der Waals surface area contributed by atoms with E-state index < -0.39 is 0 Å². The second kappa shape index (κ2) is 7.94.